The Hall–Kier alpha value is -2.62. The first kappa shape index (κ1) is 24.4. The number of pyridine rings is 2. The van der Waals surface area contributed by atoms with Gasteiger partial charge >= 0.3 is 0 Å². The number of hydrogen-bond acceptors (Lipinski definition) is 3. The highest BCUT2D eigenvalue weighted by Gasteiger charge is 2.08. The SMILES string of the molecule is C=CC(C)CCCc1cc(NCc2cccnc2)n2ncc(C)c2c1.CC.CC. The van der Waals surface area contributed by atoms with Crippen molar-refractivity contribution in [2.45, 2.75) is 67.3 Å². The average Bonchev–Trinajstić information content (AvgIpc) is 3.16. The highest BCUT2D eigenvalue weighted by Crippen LogP contribution is 2.21. The number of fused-ring (bicyclic) bond motifs is 1. The van der Waals surface area contributed by atoms with Crippen LogP contribution in [0.1, 0.15) is 64.2 Å². The fourth-order valence-electron chi connectivity index (χ4n) is 2.97. The van der Waals surface area contributed by atoms with Gasteiger partial charge in [0.2, 0.25) is 0 Å². The zero-order valence-electron chi connectivity index (χ0n) is 19.1. The number of allylic oxidation sites excluding steroid dienone is 1. The molecule has 0 aliphatic carbocycles. The highest BCUT2D eigenvalue weighted by atomic mass is 15.3. The van der Waals surface area contributed by atoms with E-state index in [1.165, 1.54) is 29.5 Å². The number of aromatic nitrogens is 3. The summed E-state index contributed by atoms with van der Waals surface area (Å²) < 4.78 is 1.99. The van der Waals surface area contributed by atoms with E-state index in [4.69, 9.17) is 0 Å². The molecule has 0 spiro atoms. The lowest BCUT2D eigenvalue weighted by atomic mass is 10.0. The van der Waals surface area contributed by atoms with Crippen LogP contribution in [0.2, 0.25) is 0 Å². The molecule has 1 atom stereocenters. The third-order valence-electron chi connectivity index (χ3n) is 4.60. The number of rotatable bonds is 8. The van der Waals surface area contributed by atoms with Gasteiger partial charge in [-0.1, -0.05) is 46.8 Å². The van der Waals surface area contributed by atoms with Crippen molar-refractivity contribution in [3.05, 3.63) is 72.2 Å². The summed E-state index contributed by atoms with van der Waals surface area (Å²) in [5, 5.41) is 8.03. The first-order valence-electron chi connectivity index (χ1n) is 10.9. The number of hydrogen-bond donors (Lipinski definition) is 1. The molecule has 1 N–H and O–H groups in total. The minimum Gasteiger partial charge on any atom is -0.366 e. The second kappa shape index (κ2) is 13.5. The molecule has 4 nitrogen and oxygen atoms in total. The molecule has 158 valence electrons. The van der Waals surface area contributed by atoms with E-state index in [2.05, 4.69) is 54.0 Å². The van der Waals surface area contributed by atoms with Gasteiger partial charge < -0.3 is 5.32 Å². The Morgan fingerprint density at radius 2 is 1.90 bits per heavy atom. The summed E-state index contributed by atoms with van der Waals surface area (Å²) in [5.41, 5.74) is 4.87. The van der Waals surface area contributed by atoms with E-state index in [-0.39, 0.29) is 0 Å². The maximum Gasteiger partial charge on any atom is 0.128 e. The van der Waals surface area contributed by atoms with Crippen LogP contribution in [-0.4, -0.2) is 14.6 Å². The highest BCUT2D eigenvalue weighted by molar-refractivity contribution is 5.61. The molecule has 0 fully saturated rings. The second-order valence-electron chi connectivity index (χ2n) is 6.69. The normalized spacial score (nSPS) is 11.0. The van der Waals surface area contributed by atoms with Crippen molar-refractivity contribution in [3.8, 4) is 0 Å². The number of anilines is 1. The van der Waals surface area contributed by atoms with Gasteiger partial charge in [0.25, 0.3) is 0 Å². The molecule has 0 bridgehead atoms. The minimum absolute atomic E-state index is 0.573. The molecule has 3 aromatic rings. The van der Waals surface area contributed by atoms with Crippen molar-refractivity contribution in [1.82, 2.24) is 14.6 Å². The summed E-state index contributed by atoms with van der Waals surface area (Å²) in [5.74, 6) is 1.60. The van der Waals surface area contributed by atoms with Crippen LogP contribution in [0.4, 0.5) is 5.82 Å². The Labute approximate surface area is 177 Å². The Balaban J connectivity index is 0.000000989. The average molecular weight is 395 g/mol. The summed E-state index contributed by atoms with van der Waals surface area (Å²) in [6.07, 6.45) is 11.0. The molecule has 0 saturated heterocycles. The Morgan fingerprint density at radius 1 is 1.14 bits per heavy atom. The molecule has 3 aromatic heterocycles. The number of nitrogens with one attached hydrogen (secondary N) is 1. The fourth-order valence-corrected chi connectivity index (χ4v) is 2.97. The van der Waals surface area contributed by atoms with Crippen LogP contribution in [0.15, 0.2) is 55.5 Å². The number of aryl methyl sites for hydroxylation is 2. The van der Waals surface area contributed by atoms with Crippen LogP contribution in [0, 0.1) is 12.8 Å². The van der Waals surface area contributed by atoms with Gasteiger partial charge in [-0.15, -0.1) is 6.58 Å². The molecular weight excluding hydrogens is 356 g/mol. The minimum atomic E-state index is 0.573. The summed E-state index contributed by atoms with van der Waals surface area (Å²) in [6, 6.07) is 8.51. The second-order valence-corrected chi connectivity index (χ2v) is 6.69. The van der Waals surface area contributed by atoms with Crippen molar-refractivity contribution in [2.75, 3.05) is 5.32 Å². The summed E-state index contributed by atoms with van der Waals surface area (Å²) in [4.78, 5) is 4.18. The largest absolute Gasteiger partial charge is 0.366 e. The van der Waals surface area contributed by atoms with Crippen LogP contribution in [0.5, 0.6) is 0 Å². The van der Waals surface area contributed by atoms with E-state index in [0.29, 0.717) is 5.92 Å². The first-order chi connectivity index (χ1) is 14.2. The molecule has 29 heavy (non-hydrogen) atoms. The molecule has 0 aliphatic heterocycles. The molecule has 0 aromatic carbocycles. The molecule has 1 unspecified atom stereocenters. The van der Waals surface area contributed by atoms with Crippen LogP contribution in [0.3, 0.4) is 0 Å². The Bertz CT molecular complexity index is 837. The van der Waals surface area contributed by atoms with E-state index in [1.807, 2.05) is 56.7 Å². The van der Waals surface area contributed by atoms with Gasteiger partial charge in [0.05, 0.1) is 11.7 Å². The van der Waals surface area contributed by atoms with Crippen molar-refractivity contribution < 1.29 is 0 Å². The quantitative estimate of drug-likeness (QED) is 0.425. The molecule has 3 rings (SSSR count). The van der Waals surface area contributed by atoms with Crippen LogP contribution in [0.25, 0.3) is 5.52 Å². The molecule has 4 heteroatoms. The number of nitrogens with zero attached hydrogens (tertiary/aromatic N) is 3. The van der Waals surface area contributed by atoms with Gasteiger partial charge in [0, 0.05) is 18.9 Å². The topological polar surface area (TPSA) is 42.2 Å². The molecule has 3 heterocycles. The maximum atomic E-state index is 4.52. The summed E-state index contributed by atoms with van der Waals surface area (Å²) >= 11 is 0. The van der Waals surface area contributed by atoms with E-state index in [0.717, 1.165) is 24.3 Å². The van der Waals surface area contributed by atoms with Gasteiger partial charge in [-0.25, -0.2) is 4.52 Å². The van der Waals surface area contributed by atoms with E-state index >= 15 is 0 Å². The Morgan fingerprint density at radius 3 is 2.55 bits per heavy atom. The molecule has 0 amide bonds. The standard InChI is InChI=1S/C21H26N4.2C2H6/c1-4-16(2)7-5-8-18-11-20-17(3)13-24-25(20)21(12-18)23-15-19-9-6-10-22-14-19;2*1-2/h4,6,9-14,16,23H,1,5,7-8,15H2,2-3H3;2*1-2H3. The van der Waals surface area contributed by atoms with Crippen LogP contribution in [-0.2, 0) is 13.0 Å². The third-order valence-corrected chi connectivity index (χ3v) is 4.60. The van der Waals surface area contributed by atoms with Gasteiger partial charge in [-0.3, -0.25) is 4.98 Å². The van der Waals surface area contributed by atoms with Gasteiger partial charge in [-0.05, 0) is 67.0 Å². The van der Waals surface area contributed by atoms with Crippen molar-refractivity contribution >= 4 is 11.3 Å². The van der Waals surface area contributed by atoms with Crippen molar-refractivity contribution in [1.29, 1.82) is 0 Å². The smallest absolute Gasteiger partial charge is 0.128 e. The van der Waals surface area contributed by atoms with Gasteiger partial charge in [0.15, 0.2) is 0 Å². The van der Waals surface area contributed by atoms with E-state index in [1.54, 1.807) is 6.20 Å². The third kappa shape index (κ3) is 7.37. The monoisotopic (exact) mass is 394 g/mol. The Kier molecular flexibility index (Phi) is 11.4. The predicted molar refractivity (Wildman–Crippen MR) is 126 cm³/mol. The van der Waals surface area contributed by atoms with Crippen LogP contribution < -0.4 is 5.32 Å². The lowest BCUT2D eigenvalue weighted by Gasteiger charge is -2.12. The lowest BCUT2D eigenvalue weighted by molar-refractivity contribution is 0.607. The van der Waals surface area contributed by atoms with Gasteiger partial charge in [0.1, 0.15) is 5.82 Å². The molecule has 0 aliphatic rings. The summed E-state index contributed by atoms with van der Waals surface area (Å²) in [6.45, 7) is 16.9. The van der Waals surface area contributed by atoms with E-state index in [9.17, 15) is 0 Å². The zero-order chi connectivity index (χ0) is 21.6. The van der Waals surface area contributed by atoms with Crippen LogP contribution >= 0.6 is 0 Å². The van der Waals surface area contributed by atoms with Gasteiger partial charge in [-0.2, -0.15) is 5.10 Å². The van der Waals surface area contributed by atoms with Crippen molar-refractivity contribution in [3.63, 3.8) is 0 Å². The lowest BCUT2D eigenvalue weighted by Crippen LogP contribution is -2.06. The summed E-state index contributed by atoms with van der Waals surface area (Å²) in [7, 11) is 0. The van der Waals surface area contributed by atoms with Crippen molar-refractivity contribution in [2.24, 2.45) is 5.92 Å². The van der Waals surface area contributed by atoms with E-state index < -0.39 is 0 Å². The maximum absolute atomic E-state index is 4.52. The molecular formula is C25H38N4. The fraction of sp³-hybridized carbons (Fsp3) is 0.440. The molecule has 0 radical (unpaired) electrons. The molecule has 0 saturated carbocycles. The first-order valence-corrected chi connectivity index (χ1v) is 10.9. The predicted octanol–water partition coefficient (Wildman–Crippen LogP) is 6.85. The zero-order valence-corrected chi connectivity index (χ0v) is 19.1.